The van der Waals surface area contributed by atoms with E-state index in [4.69, 9.17) is 23.7 Å². The van der Waals surface area contributed by atoms with Crippen LogP contribution in [0.25, 0.3) is 6.08 Å². The van der Waals surface area contributed by atoms with Crippen LogP contribution < -0.4 is 4.74 Å². The van der Waals surface area contributed by atoms with E-state index in [-0.39, 0.29) is 67.6 Å². The molecule has 0 saturated carbocycles. The molecule has 0 radical (unpaired) electrons. The molecule has 2 aromatic rings. The molecule has 0 saturated heterocycles. The summed E-state index contributed by atoms with van der Waals surface area (Å²) in [5, 5.41) is 0. The van der Waals surface area contributed by atoms with Gasteiger partial charge >= 0.3 is 35.8 Å². The van der Waals surface area contributed by atoms with Crippen molar-refractivity contribution in [1.82, 2.24) is 0 Å². The van der Waals surface area contributed by atoms with E-state index < -0.39 is 23.9 Å². The Morgan fingerprint density at radius 1 is 0.488 bits per heavy atom. The van der Waals surface area contributed by atoms with Gasteiger partial charge in [0, 0.05) is 65.2 Å². The third-order valence-electron chi connectivity index (χ3n) is 8.69. The van der Waals surface area contributed by atoms with E-state index in [2.05, 4.69) is 75.6 Å². The van der Waals surface area contributed by atoms with Crippen LogP contribution in [-0.2, 0) is 66.8 Å². The Bertz CT molecular complexity index is 2210. The van der Waals surface area contributed by atoms with Crippen LogP contribution >= 0.6 is 0 Å². The van der Waals surface area contributed by atoms with Crippen molar-refractivity contribution in [3.8, 4) is 5.75 Å². The maximum absolute atomic E-state index is 11.9. The van der Waals surface area contributed by atoms with Crippen LogP contribution in [0.1, 0.15) is 124 Å². The number of benzene rings is 2. The molecule has 0 N–H and O–H groups in total. The Labute approximate surface area is 490 Å². The maximum Gasteiger partial charge on any atom is 0.333 e. The molecule has 0 atom stereocenters. The fourth-order valence-corrected chi connectivity index (χ4v) is 4.18. The Balaban J connectivity index is -0.000000210. The molecule has 82 heavy (non-hydrogen) atoms. The lowest BCUT2D eigenvalue weighted by molar-refractivity contribution is -0.145. The van der Waals surface area contributed by atoms with Gasteiger partial charge in [0.25, 0.3) is 0 Å². The minimum Gasteiger partial charge on any atom is -0.497 e. The van der Waals surface area contributed by atoms with E-state index in [0.29, 0.717) is 53.9 Å². The molecule has 454 valence electrons. The molecule has 0 spiro atoms. The average molecular weight is 1140 g/mol. The first-order chi connectivity index (χ1) is 38.6. The minimum absolute atomic E-state index is 0.0125. The van der Waals surface area contributed by atoms with Gasteiger partial charge in [-0.1, -0.05) is 130 Å². The van der Waals surface area contributed by atoms with Gasteiger partial charge in [-0.05, 0) is 108 Å². The number of carbonyl (C=O) groups is 9. The number of ketones is 3. The van der Waals surface area contributed by atoms with Gasteiger partial charge in [0.15, 0.2) is 17.3 Å². The van der Waals surface area contributed by atoms with Crippen molar-refractivity contribution < 1.29 is 76.3 Å². The average Bonchev–Trinajstić information content (AvgIpc) is 3.47. The smallest absolute Gasteiger partial charge is 0.333 e. The molecule has 0 bridgehead atoms. The van der Waals surface area contributed by atoms with E-state index in [1.165, 1.54) is 6.08 Å². The molecule has 0 aliphatic carbocycles. The number of carbonyl (C=O) groups excluding carboxylic acids is 9. The fourth-order valence-electron chi connectivity index (χ4n) is 4.18. The maximum atomic E-state index is 11.9. The number of esters is 6. The molecular weight excluding hydrogens is 1050 g/mol. The van der Waals surface area contributed by atoms with E-state index in [1.54, 1.807) is 85.9 Å². The SMILES string of the molecule is C=C(C)C(=O)CCC.C=C(C)C(=O)OCC.C=C(C)C(=O)OCC(C)COC(=O)C(=C)C.C=CC(=O)CCC.C=CC(=O)OCC.C=CC(=O)OCC(C)COC(=O)C=C.C=CCC.COc1ccc(C(=O)C=Cc2ccccc2)cc1. The number of methoxy groups -OCH3 is 1. The molecule has 2 aromatic carbocycles. The van der Waals surface area contributed by atoms with Gasteiger partial charge in [0.05, 0.1) is 46.8 Å². The predicted octanol–water partition coefficient (Wildman–Crippen LogP) is 13.5. The van der Waals surface area contributed by atoms with Crippen LogP contribution in [-0.4, -0.2) is 99.9 Å². The van der Waals surface area contributed by atoms with Crippen LogP contribution in [0.15, 0.2) is 173 Å². The van der Waals surface area contributed by atoms with Crippen LogP contribution in [0.3, 0.4) is 0 Å². The van der Waals surface area contributed by atoms with Gasteiger partial charge < -0.3 is 33.2 Å². The van der Waals surface area contributed by atoms with Crippen molar-refractivity contribution in [3.05, 3.63) is 184 Å². The highest BCUT2D eigenvalue weighted by Gasteiger charge is 2.11. The van der Waals surface area contributed by atoms with Crippen molar-refractivity contribution in [2.75, 3.05) is 46.8 Å². The van der Waals surface area contributed by atoms with Gasteiger partial charge in [-0.3, -0.25) is 14.4 Å². The van der Waals surface area contributed by atoms with Gasteiger partial charge in [-0.15, -0.1) is 6.58 Å². The molecule has 0 fully saturated rings. The third kappa shape index (κ3) is 59.1. The summed E-state index contributed by atoms with van der Waals surface area (Å²) in [4.78, 5) is 96.7. The molecule has 16 heteroatoms. The molecule has 0 heterocycles. The zero-order valence-corrected chi connectivity index (χ0v) is 51.1. The second kappa shape index (κ2) is 58.6. The van der Waals surface area contributed by atoms with Crippen LogP contribution in [0.4, 0.5) is 0 Å². The summed E-state index contributed by atoms with van der Waals surface area (Å²) in [5.74, 6) is -1.52. The highest BCUT2D eigenvalue weighted by Crippen LogP contribution is 2.13. The molecule has 0 aliphatic heterocycles. The number of allylic oxidation sites excluding steroid dienone is 4. The molecular formula is C66H94O16. The lowest BCUT2D eigenvalue weighted by Crippen LogP contribution is -2.18. The highest BCUT2D eigenvalue weighted by molar-refractivity contribution is 6.06. The van der Waals surface area contributed by atoms with Gasteiger partial charge in [-0.2, -0.15) is 0 Å². The Hall–Kier alpha value is -8.53. The number of hydrogen-bond acceptors (Lipinski definition) is 16. The number of hydrogen-bond donors (Lipinski definition) is 0. The molecule has 0 amide bonds. The van der Waals surface area contributed by atoms with E-state index in [1.807, 2.05) is 63.3 Å². The second-order valence-electron chi connectivity index (χ2n) is 17.0. The van der Waals surface area contributed by atoms with E-state index in [0.717, 1.165) is 48.8 Å². The van der Waals surface area contributed by atoms with Crippen molar-refractivity contribution >= 4 is 59.2 Å². The monoisotopic (exact) mass is 1140 g/mol. The number of rotatable bonds is 27. The Morgan fingerprint density at radius 3 is 1.13 bits per heavy atom. The molecule has 2 rings (SSSR count). The summed E-state index contributed by atoms with van der Waals surface area (Å²) >= 11 is 0. The van der Waals surface area contributed by atoms with Crippen LogP contribution in [0, 0.1) is 11.8 Å². The lowest BCUT2D eigenvalue weighted by Gasteiger charge is -2.12. The topological polar surface area (TPSA) is 218 Å². The Kier molecular flexibility index (Phi) is 60.6. The van der Waals surface area contributed by atoms with Crippen molar-refractivity contribution in [3.63, 3.8) is 0 Å². The molecule has 16 nitrogen and oxygen atoms in total. The summed E-state index contributed by atoms with van der Waals surface area (Å²) in [6.07, 6.45) is 14.2. The summed E-state index contributed by atoms with van der Waals surface area (Å²) in [7, 11) is 1.60. The first-order valence-electron chi connectivity index (χ1n) is 26.3. The van der Waals surface area contributed by atoms with E-state index >= 15 is 0 Å². The fraction of sp³-hybridized carbons (Fsp3) is 0.379. The van der Waals surface area contributed by atoms with E-state index in [9.17, 15) is 43.2 Å². The largest absolute Gasteiger partial charge is 0.497 e. The first-order valence-corrected chi connectivity index (χ1v) is 26.3. The normalized spacial score (nSPS) is 9.10. The summed E-state index contributed by atoms with van der Waals surface area (Å²) in [5.41, 5.74) is 3.50. The van der Waals surface area contributed by atoms with Crippen molar-refractivity contribution in [1.29, 1.82) is 0 Å². The van der Waals surface area contributed by atoms with Crippen molar-refractivity contribution in [2.24, 2.45) is 11.8 Å². The number of ether oxygens (including phenoxy) is 7. The molecule has 0 unspecified atom stereocenters. The van der Waals surface area contributed by atoms with Crippen LogP contribution in [0.5, 0.6) is 5.75 Å². The Morgan fingerprint density at radius 2 is 0.866 bits per heavy atom. The number of Topliss-reactive ketones (excluding diaryl/α,β-unsaturated/α-hetero) is 1. The molecule has 0 aromatic heterocycles. The lowest BCUT2D eigenvalue weighted by atomic mass is 10.1. The van der Waals surface area contributed by atoms with Crippen LogP contribution in [0.2, 0.25) is 0 Å². The standard InChI is InChI=1S/C16H14O2.C12H18O4.C10H14O4.C7H12O.C6H10O2.C6H10O.C5H8O2.C4H8/c1-18-15-10-8-14(9-11-15)16(17)12-7-13-5-3-2-4-6-13;1-8(2)11(13)15-6-10(5)7-16-12(14)9(3)4;1-4-9(11)13-6-8(3)7-14-10(12)5-2;1-4-5-7(8)6(2)3;1-4-8-6(7)5(2)3;1-3-5-6(7)4-2;1-3-5(6)7-4-2;1-3-4-2/h2-12H,1H3;10H,1,3,6-7H2,2,4-5H3;4-5,8H,1-2,6-7H2,3H3;2,4-5H2,1,3H3;2,4H2,1,3H3;4H,2-3,5H2,1H3;3H,1,4H2,2H3;3H,1,4H2,2H3. The highest BCUT2D eigenvalue weighted by atomic mass is 16.6. The minimum atomic E-state index is -0.480. The molecule has 0 aliphatic rings. The zero-order valence-electron chi connectivity index (χ0n) is 51.1. The van der Waals surface area contributed by atoms with Gasteiger partial charge in [-0.25, -0.2) is 28.8 Å². The summed E-state index contributed by atoms with van der Waals surface area (Å²) in [6.45, 7) is 51.7. The first kappa shape index (κ1) is 84.8. The zero-order chi connectivity index (χ0) is 64.4. The van der Waals surface area contributed by atoms with Gasteiger partial charge in [0.2, 0.25) is 0 Å². The predicted molar refractivity (Wildman–Crippen MR) is 329 cm³/mol. The van der Waals surface area contributed by atoms with Gasteiger partial charge in [0.1, 0.15) is 5.75 Å². The van der Waals surface area contributed by atoms with Crippen molar-refractivity contribution in [2.45, 2.75) is 108 Å². The third-order valence-corrected chi connectivity index (χ3v) is 8.69. The second-order valence-corrected chi connectivity index (χ2v) is 17.0. The quantitative estimate of drug-likeness (QED) is 0.0267. The summed E-state index contributed by atoms with van der Waals surface area (Å²) < 4.78 is 33.3. The summed E-state index contributed by atoms with van der Waals surface area (Å²) in [6, 6.07) is 16.8.